The summed E-state index contributed by atoms with van der Waals surface area (Å²) in [5.74, 6) is 3.29. The second kappa shape index (κ2) is 12.2. The minimum absolute atomic E-state index is 0.412. The smallest absolute Gasteiger partial charge is 0.189 e. The van der Waals surface area contributed by atoms with Gasteiger partial charge in [-0.25, -0.2) is 19.8 Å². The minimum atomic E-state index is -0.623. The number of hydrogen-bond donors (Lipinski definition) is 0. The molecule has 0 saturated heterocycles. The zero-order valence-corrected chi connectivity index (χ0v) is 28.7. The first kappa shape index (κ1) is 31.1. The van der Waals surface area contributed by atoms with Crippen LogP contribution in [-0.2, 0) is 5.41 Å². The molecular formula is C48H27N5O. The zero-order chi connectivity index (χ0) is 36.2. The molecule has 1 spiro atoms. The van der Waals surface area contributed by atoms with Crippen LogP contribution in [0.15, 0.2) is 164 Å². The van der Waals surface area contributed by atoms with Gasteiger partial charge in [-0.2, -0.15) is 5.26 Å². The van der Waals surface area contributed by atoms with E-state index in [-0.39, 0.29) is 0 Å². The molecule has 8 aromatic rings. The molecule has 54 heavy (non-hydrogen) atoms. The number of nitrogens with zero attached hydrogens (tertiary/aromatic N) is 5. The van der Waals surface area contributed by atoms with Gasteiger partial charge in [0.05, 0.1) is 18.1 Å². The van der Waals surface area contributed by atoms with Crippen molar-refractivity contribution in [2.24, 2.45) is 0 Å². The second-order valence-corrected chi connectivity index (χ2v) is 13.4. The fourth-order valence-electron chi connectivity index (χ4n) is 8.09. The Labute approximate surface area is 312 Å². The minimum Gasteiger partial charge on any atom is -0.457 e. The Morgan fingerprint density at radius 2 is 1.06 bits per heavy atom. The molecule has 2 heterocycles. The van der Waals surface area contributed by atoms with Crippen LogP contribution in [0.25, 0.3) is 61.3 Å². The van der Waals surface area contributed by atoms with Gasteiger partial charge in [-0.05, 0) is 75.8 Å². The SMILES string of the molecule is [C-]#[N+]c1cc(C#N)cc(-c2cccc(-c3nc(-c4ccccc4)nc(-c4ccc5c(c4)C4(c6ccccc6Oc6ccccc64)c4ccccc4-5)n3)c2)c1. The van der Waals surface area contributed by atoms with Gasteiger partial charge in [-0.3, -0.25) is 0 Å². The molecule has 1 aliphatic heterocycles. The van der Waals surface area contributed by atoms with E-state index in [1.54, 1.807) is 18.2 Å². The van der Waals surface area contributed by atoms with Crippen molar-refractivity contribution in [3.05, 3.63) is 203 Å². The van der Waals surface area contributed by atoms with Crippen molar-refractivity contribution in [3.63, 3.8) is 0 Å². The van der Waals surface area contributed by atoms with Gasteiger partial charge in [0.1, 0.15) is 11.5 Å². The van der Waals surface area contributed by atoms with Crippen LogP contribution >= 0.6 is 0 Å². The summed E-state index contributed by atoms with van der Waals surface area (Å²) in [6, 6.07) is 57.1. The van der Waals surface area contributed by atoms with Crippen molar-refractivity contribution < 1.29 is 4.74 Å². The summed E-state index contributed by atoms with van der Waals surface area (Å²) in [5.41, 5.74) is 11.3. The molecule has 1 aromatic heterocycles. The van der Waals surface area contributed by atoms with Gasteiger partial charge in [-0.1, -0.05) is 121 Å². The molecule has 0 bridgehead atoms. The number of para-hydroxylation sites is 2. The van der Waals surface area contributed by atoms with Gasteiger partial charge in [0.15, 0.2) is 23.2 Å². The van der Waals surface area contributed by atoms with Crippen molar-refractivity contribution in [3.8, 4) is 74.0 Å². The number of nitriles is 1. The molecule has 0 fully saturated rings. The van der Waals surface area contributed by atoms with Gasteiger partial charge in [-0.15, -0.1) is 0 Å². The maximum Gasteiger partial charge on any atom is 0.189 e. The fourth-order valence-corrected chi connectivity index (χ4v) is 8.09. The lowest BCUT2D eigenvalue weighted by Gasteiger charge is -2.39. The summed E-state index contributed by atoms with van der Waals surface area (Å²) in [5, 5.41) is 9.64. The lowest BCUT2D eigenvalue weighted by atomic mass is 9.66. The maximum absolute atomic E-state index is 9.64. The highest BCUT2D eigenvalue weighted by Crippen LogP contribution is 2.62. The van der Waals surface area contributed by atoms with Crippen molar-refractivity contribution in [2.45, 2.75) is 5.41 Å². The van der Waals surface area contributed by atoms with Crippen molar-refractivity contribution >= 4 is 5.69 Å². The van der Waals surface area contributed by atoms with E-state index < -0.39 is 5.41 Å². The van der Waals surface area contributed by atoms with Crippen LogP contribution in [0.4, 0.5) is 5.69 Å². The Kier molecular flexibility index (Phi) is 7.05. The molecule has 0 atom stereocenters. The summed E-state index contributed by atoms with van der Waals surface area (Å²) in [4.78, 5) is 18.9. The third-order valence-corrected chi connectivity index (χ3v) is 10.4. The molecule has 0 N–H and O–H groups in total. The van der Waals surface area contributed by atoms with Crippen molar-refractivity contribution in [2.75, 3.05) is 0 Å². The lowest BCUT2D eigenvalue weighted by molar-refractivity contribution is 0.436. The first-order valence-electron chi connectivity index (χ1n) is 17.6. The predicted molar refractivity (Wildman–Crippen MR) is 210 cm³/mol. The molecule has 0 radical (unpaired) electrons. The first-order chi connectivity index (χ1) is 26.6. The average Bonchev–Trinajstić information content (AvgIpc) is 3.53. The molecule has 0 unspecified atom stereocenters. The zero-order valence-electron chi connectivity index (χ0n) is 28.7. The molecule has 10 rings (SSSR count). The van der Waals surface area contributed by atoms with Gasteiger partial charge in [0.25, 0.3) is 0 Å². The Morgan fingerprint density at radius 1 is 0.481 bits per heavy atom. The van der Waals surface area contributed by atoms with E-state index >= 15 is 0 Å². The van der Waals surface area contributed by atoms with Crippen LogP contribution in [0.1, 0.15) is 27.8 Å². The summed E-state index contributed by atoms with van der Waals surface area (Å²) in [6.07, 6.45) is 0. The van der Waals surface area contributed by atoms with Crippen LogP contribution in [-0.4, -0.2) is 15.0 Å². The van der Waals surface area contributed by atoms with Gasteiger partial charge in [0, 0.05) is 33.4 Å². The quantitative estimate of drug-likeness (QED) is 0.172. The van der Waals surface area contributed by atoms with E-state index in [4.69, 9.17) is 26.3 Å². The molecule has 250 valence electrons. The summed E-state index contributed by atoms with van der Waals surface area (Å²) >= 11 is 0. The summed E-state index contributed by atoms with van der Waals surface area (Å²) in [6.45, 7) is 7.56. The number of ether oxygens (including phenoxy) is 1. The van der Waals surface area contributed by atoms with Gasteiger partial charge in [0.2, 0.25) is 0 Å². The highest BCUT2D eigenvalue weighted by Gasteiger charge is 2.51. The van der Waals surface area contributed by atoms with Crippen LogP contribution in [0.3, 0.4) is 0 Å². The summed E-state index contributed by atoms with van der Waals surface area (Å²) < 4.78 is 6.54. The van der Waals surface area contributed by atoms with E-state index in [1.165, 1.54) is 11.1 Å². The summed E-state index contributed by atoms with van der Waals surface area (Å²) in [7, 11) is 0. The van der Waals surface area contributed by atoms with E-state index in [0.29, 0.717) is 28.7 Å². The molecule has 1 aliphatic carbocycles. The monoisotopic (exact) mass is 689 g/mol. The van der Waals surface area contributed by atoms with E-state index in [0.717, 1.165) is 61.6 Å². The second-order valence-electron chi connectivity index (χ2n) is 13.4. The van der Waals surface area contributed by atoms with Crippen LogP contribution in [0.5, 0.6) is 11.5 Å². The normalized spacial score (nSPS) is 12.7. The van der Waals surface area contributed by atoms with Crippen LogP contribution < -0.4 is 4.74 Å². The first-order valence-corrected chi connectivity index (χ1v) is 17.6. The molecule has 0 saturated carbocycles. The number of aromatic nitrogens is 3. The van der Waals surface area contributed by atoms with E-state index in [9.17, 15) is 5.26 Å². The standard InChI is InChI=1S/C48H27N5O/c1-50-36-25-30(29-49)24-35(27-36)32-14-11-15-33(26-32)46-51-45(31-12-3-2-4-13-31)52-47(53-46)34-22-23-38-37-16-5-6-17-39(37)48(42(38)28-34)40-18-7-9-20-43(40)54-44-21-10-8-19-41(44)48/h2-28H. The third kappa shape index (κ3) is 4.75. The topological polar surface area (TPSA) is 76.0 Å². The fraction of sp³-hybridized carbons (Fsp3) is 0.0208. The average molecular weight is 690 g/mol. The van der Waals surface area contributed by atoms with E-state index in [1.807, 2.05) is 66.7 Å². The Hall–Kier alpha value is -7.67. The third-order valence-electron chi connectivity index (χ3n) is 10.4. The number of fused-ring (bicyclic) bond motifs is 9. The Morgan fingerprint density at radius 3 is 1.76 bits per heavy atom. The van der Waals surface area contributed by atoms with Crippen molar-refractivity contribution in [1.29, 1.82) is 5.26 Å². The van der Waals surface area contributed by atoms with Crippen molar-refractivity contribution in [1.82, 2.24) is 15.0 Å². The van der Waals surface area contributed by atoms with Crippen LogP contribution in [0, 0.1) is 17.9 Å². The largest absolute Gasteiger partial charge is 0.457 e. The molecular weight excluding hydrogens is 663 g/mol. The van der Waals surface area contributed by atoms with Gasteiger partial charge < -0.3 is 4.74 Å². The molecule has 7 aromatic carbocycles. The Bertz CT molecular complexity index is 2820. The molecule has 2 aliphatic rings. The number of rotatable bonds is 4. The maximum atomic E-state index is 9.64. The highest BCUT2D eigenvalue weighted by atomic mass is 16.5. The predicted octanol–water partition coefficient (Wildman–Crippen LogP) is 11.4. The van der Waals surface area contributed by atoms with Crippen LogP contribution in [0.2, 0.25) is 0 Å². The van der Waals surface area contributed by atoms with Gasteiger partial charge >= 0.3 is 0 Å². The number of benzene rings is 7. The highest BCUT2D eigenvalue weighted by molar-refractivity contribution is 5.90. The molecule has 0 amide bonds. The molecule has 6 heteroatoms. The van der Waals surface area contributed by atoms with E-state index in [2.05, 4.69) is 89.8 Å². The lowest BCUT2D eigenvalue weighted by Crippen LogP contribution is -2.32. The Balaban J connectivity index is 1.19. The molecule has 6 nitrogen and oxygen atoms in total. The number of hydrogen-bond acceptors (Lipinski definition) is 5.